The smallest absolute Gasteiger partial charge is 0.273 e. The van der Waals surface area contributed by atoms with E-state index in [1.807, 2.05) is 30.3 Å². The van der Waals surface area contributed by atoms with Crippen molar-refractivity contribution in [1.29, 1.82) is 0 Å². The summed E-state index contributed by atoms with van der Waals surface area (Å²) in [5.41, 5.74) is 1.14. The number of rotatable bonds is 4. The number of hydrogen-bond donors (Lipinski definition) is 1. The van der Waals surface area contributed by atoms with E-state index < -0.39 is 5.82 Å². The molecule has 0 bridgehead atoms. The molecule has 2 heterocycles. The molecule has 7 heteroatoms. The predicted octanol–water partition coefficient (Wildman–Crippen LogP) is 3.52. The topological polar surface area (TPSA) is 75.4 Å². The van der Waals surface area contributed by atoms with Crippen molar-refractivity contribution in [2.45, 2.75) is 18.9 Å². The van der Waals surface area contributed by atoms with E-state index in [2.05, 4.69) is 10.5 Å². The first kappa shape index (κ1) is 18.9. The highest BCUT2D eigenvalue weighted by atomic mass is 19.1. The third kappa shape index (κ3) is 4.18. The van der Waals surface area contributed by atoms with Crippen LogP contribution in [0.5, 0.6) is 0 Å². The molecule has 1 fully saturated rings. The van der Waals surface area contributed by atoms with Crippen LogP contribution in [0.25, 0.3) is 11.3 Å². The molecule has 2 amide bonds. The van der Waals surface area contributed by atoms with E-state index in [0.29, 0.717) is 31.7 Å². The van der Waals surface area contributed by atoms with Crippen molar-refractivity contribution in [3.8, 4) is 11.3 Å². The van der Waals surface area contributed by atoms with Gasteiger partial charge in [0.2, 0.25) is 0 Å². The number of carbonyl (C=O) groups excluding carboxylic acids is 2. The van der Waals surface area contributed by atoms with Crippen molar-refractivity contribution in [2.24, 2.45) is 0 Å². The van der Waals surface area contributed by atoms with Crippen LogP contribution < -0.4 is 5.32 Å². The standard InChI is InChI=1S/C22H20FN3O3/c23-18-9-5-4-8-17(18)22(28)26-12-10-16(11-13-26)24-21(27)19-14-20(29-25-19)15-6-2-1-3-7-15/h1-9,14,16H,10-13H2,(H,24,27). The van der Waals surface area contributed by atoms with E-state index in [0.717, 1.165) is 5.56 Å². The van der Waals surface area contributed by atoms with E-state index in [1.165, 1.54) is 12.1 Å². The summed E-state index contributed by atoms with van der Waals surface area (Å²) in [5.74, 6) is -0.624. The number of piperidine rings is 1. The van der Waals surface area contributed by atoms with E-state index in [4.69, 9.17) is 4.52 Å². The lowest BCUT2D eigenvalue weighted by atomic mass is 10.0. The summed E-state index contributed by atoms with van der Waals surface area (Å²) < 4.78 is 19.1. The highest BCUT2D eigenvalue weighted by Gasteiger charge is 2.26. The highest BCUT2D eigenvalue weighted by molar-refractivity contribution is 5.95. The molecule has 29 heavy (non-hydrogen) atoms. The molecule has 0 saturated carbocycles. The van der Waals surface area contributed by atoms with Gasteiger partial charge in [-0.15, -0.1) is 0 Å². The Morgan fingerprint density at radius 2 is 1.72 bits per heavy atom. The van der Waals surface area contributed by atoms with Gasteiger partial charge in [0.1, 0.15) is 5.82 Å². The van der Waals surface area contributed by atoms with Gasteiger partial charge < -0.3 is 14.7 Å². The maximum atomic E-state index is 13.8. The van der Waals surface area contributed by atoms with Gasteiger partial charge in [0, 0.05) is 30.8 Å². The molecule has 0 unspecified atom stereocenters. The fourth-order valence-electron chi connectivity index (χ4n) is 3.41. The zero-order chi connectivity index (χ0) is 20.2. The predicted molar refractivity (Wildman–Crippen MR) is 105 cm³/mol. The first-order valence-electron chi connectivity index (χ1n) is 9.48. The van der Waals surface area contributed by atoms with E-state index in [1.54, 1.807) is 23.1 Å². The van der Waals surface area contributed by atoms with Crippen LogP contribution in [0.3, 0.4) is 0 Å². The number of nitrogens with zero attached hydrogens (tertiary/aromatic N) is 2. The molecule has 3 aromatic rings. The minimum absolute atomic E-state index is 0.0750. The zero-order valence-corrected chi connectivity index (χ0v) is 15.7. The van der Waals surface area contributed by atoms with Crippen LogP contribution in [-0.2, 0) is 0 Å². The summed E-state index contributed by atoms with van der Waals surface area (Å²) in [6, 6.07) is 16.9. The van der Waals surface area contributed by atoms with Gasteiger partial charge in [-0.2, -0.15) is 0 Å². The number of aromatic nitrogens is 1. The monoisotopic (exact) mass is 393 g/mol. The van der Waals surface area contributed by atoms with Gasteiger partial charge >= 0.3 is 0 Å². The van der Waals surface area contributed by atoms with Gasteiger partial charge in [0.25, 0.3) is 11.8 Å². The molecule has 0 aliphatic carbocycles. The average Bonchev–Trinajstić information content (AvgIpc) is 3.25. The molecule has 1 aliphatic heterocycles. The minimum atomic E-state index is -0.520. The summed E-state index contributed by atoms with van der Waals surface area (Å²) in [7, 11) is 0. The molecule has 4 rings (SSSR count). The molecule has 1 aliphatic rings. The van der Waals surface area contributed by atoms with E-state index in [-0.39, 0.29) is 29.1 Å². The molecule has 0 atom stereocenters. The number of amides is 2. The van der Waals surface area contributed by atoms with Crippen LogP contribution in [0.2, 0.25) is 0 Å². The average molecular weight is 393 g/mol. The lowest BCUT2D eigenvalue weighted by Crippen LogP contribution is -2.46. The van der Waals surface area contributed by atoms with Gasteiger partial charge in [-0.05, 0) is 25.0 Å². The molecule has 6 nitrogen and oxygen atoms in total. The largest absolute Gasteiger partial charge is 0.355 e. The van der Waals surface area contributed by atoms with Crippen molar-refractivity contribution in [3.63, 3.8) is 0 Å². The summed E-state index contributed by atoms with van der Waals surface area (Å²) in [6.45, 7) is 0.901. The van der Waals surface area contributed by atoms with Crippen LogP contribution in [0.1, 0.15) is 33.7 Å². The Hall–Kier alpha value is -3.48. The van der Waals surface area contributed by atoms with Gasteiger partial charge in [-0.3, -0.25) is 9.59 Å². The molecule has 148 valence electrons. The van der Waals surface area contributed by atoms with E-state index >= 15 is 0 Å². The van der Waals surface area contributed by atoms with Crippen LogP contribution >= 0.6 is 0 Å². The maximum Gasteiger partial charge on any atom is 0.273 e. The Morgan fingerprint density at radius 3 is 2.45 bits per heavy atom. The molecule has 0 radical (unpaired) electrons. The van der Waals surface area contributed by atoms with Crippen molar-refractivity contribution in [2.75, 3.05) is 13.1 Å². The summed E-state index contributed by atoms with van der Waals surface area (Å²) in [6.07, 6.45) is 1.19. The second kappa shape index (κ2) is 8.26. The SMILES string of the molecule is O=C(NC1CCN(C(=O)c2ccccc2F)CC1)c1cc(-c2ccccc2)on1. The second-order valence-electron chi connectivity index (χ2n) is 6.96. The van der Waals surface area contributed by atoms with Crippen LogP contribution in [0, 0.1) is 5.82 Å². The molecule has 1 aromatic heterocycles. The number of carbonyl (C=O) groups is 2. The fraction of sp³-hybridized carbons (Fsp3) is 0.227. The lowest BCUT2D eigenvalue weighted by molar-refractivity contribution is 0.0693. The Kier molecular flexibility index (Phi) is 5.37. The van der Waals surface area contributed by atoms with Crippen molar-refractivity contribution in [1.82, 2.24) is 15.4 Å². The Labute approximate surface area is 167 Å². The molecular weight excluding hydrogens is 373 g/mol. The van der Waals surface area contributed by atoms with E-state index in [9.17, 15) is 14.0 Å². The molecule has 2 aromatic carbocycles. The quantitative estimate of drug-likeness (QED) is 0.736. The highest BCUT2D eigenvalue weighted by Crippen LogP contribution is 2.20. The fourth-order valence-corrected chi connectivity index (χ4v) is 3.41. The number of benzene rings is 2. The summed E-state index contributed by atoms with van der Waals surface area (Å²) in [5, 5.41) is 6.79. The maximum absolute atomic E-state index is 13.8. The molecular formula is C22H20FN3O3. The third-order valence-corrected chi connectivity index (χ3v) is 5.02. The van der Waals surface area contributed by atoms with Crippen molar-refractivity contribution < 1.29 is 18.5 Å². The molecule has 1 N–H and O–H groups in total. The summed E-state index contributed by atoms with van der Waals surface area (Å²) in [4.78, 5) is 26.6. The first-order valence-corrected chi connectivity index (χ1v) is 9.48. The van der Waals surface area contributed by atoms with Gasteiger partial charge in [-0.25, -0.2) is 4.39 Å². The minimum Gasteiger partial charge on any atom is -0.355 e. The summed E-state index contributed by atoms with van der Waals surface area (Å²) >= 11 is 0. The number of nitrogens with one attached hydrogen (secondary N) is 1. The number of hydrogen-bond acceptors (Lipinski definition) is 4. The number of halogens is 1. The van der Waals surface area contributed by atoms with Crippen molar-refractivity contribution >= 4 is 11.8 Å². The van der Waals surface area contributed by atoms with Crippen LogP contribution in [0.4, 0.5) is 4.39 Å². The Morgan fingerprint density at radius 1 is 1.03 bits per heavy atom. The van der Waals surface area contributed by atoms with Crippen LogP contribution in [-0.4, -0.2) is 41.0 Å². The van der Waals surface area contributed by atoms with Crippen LogP contribution in [0.15, 0.2) is 65.2 Å². The number of likely N-dealkylation sites (tertiary alicyclic amines) is 1. The zero-order valence-electron chi connectivity index (χ0n) is 15.7. The second-order valence-corrected chi connectivity index (χ2v) is 6.96. The van der Waals surface area contributed by atoms with Gasteiger partial charge in [-0.1, -0.05) is 47.6 Å². The van der Waals surface area contributed by atoms with Gasteiger partial charge in [0.15, 0.2) is 11.5 Å². The normalized spacial score (nSPS) is 14.6. The Balaban J connectivity index is 1.33. The van der Waals surface area contributed by atoms with Crippen molar-refractivity contribution in [3.05, 3.63) is 77.7 Å². The Bertz CT molecular complexity index is 1010. The van der Waals surface area contributed by atoms with Gasteiger partial charge in [0.05, 0.1) is 5.56 Å². The molecule has 1 saturated heterocycles. The molecule has 0 spiro atoms. The third-order valence-electron chi connectivity index (χ3n) is 5.02. The lowest BCUT2D eigenvalue weighted by Gasteiger charge is -2.32. The first-order chi connectivity index (χ1) is 14.1.